The first-order valence-corrected chi connectivity index (χ1v) is 12.4. The summed E-state index contributed by atoms with van der Waals surface area (Å²) in [5.41, 5.74) is 1.20. The zero-order valence-corrected chi connectivity index (χ0v) is 17.8. The van der Waals surface area contributed by atoms with E-state index in [9.17, 15) is 18.0 Å². The summed E-state index contributed by atoms with van der Waals surface area (Å²) in [5.74, 6) is 0.131. The first-order chi connectivity index (χ1) is 13.8. The largest absolute Gasteiger partial charge is 0.338 e. The van der Waals surface area contributed by atoms with Crippen molar-refractivity contribution in [2.75, 3.05) is 31.2 Å². The van der Waals surface area contributed by atoms with Gasteiger partial charge in [-0.2, -0.15) is 0 Å². The van der Waals surface area contributed by atoms with Gasteiger partial charge in [0.25, 0.3) is 5.91 Å². The van der Waals surface area contributed by atoms with E-state index in [0.29, 0.717) is 30.9 Å². The average molecular weight is 422 g/mol. The molecule has 2 amide bonds. The lowest BCUT2D eigenvalue weighted by Gasteiger charge is -2.33. The molecule has 1 aliphatic carbocycles. The number of likely N-dealkylation sites (tertiary alicyclic amines) is 1. The number of hydrogen-bond donors (Lipinski definition) is 2. The normalized spacial score (nSPS) is 21.0. The number of nitrogens with zero attached hydrogens (tertiary/aromatic N) is 1. The topological polar surface area (TPSA) is 95.6 Å². The van der Waals surface area contributed by atoms with Gasteiger partial charge in [-0.3, -0.25) is 9.59 Å². The van der Waals surface area contributed by atoms with Crippen molar-refractivity contribution < 1.29 is 18.0 Å². The van der Waals surface area contributed by atoms with Gasteiger partial charge < -0.3 is 10.2 Å². The second-order valence-corrected chi connectivity index (χ2v) is 10.1. The first-order valence-electron chi connectivity index (χ1n) is 10.5. The number of rotatable bonds is 6. The molecule has 1 aliphatic heterocycles. The van der Waals surface area contributed by atoms with Crippen LogP contribution in [-0.4, -0.2) is 51.0 Å². The Balaban J connectivity index is 1.60. The van der Waals surface area contributed by atoms with E-state index < -0.39 is 10.0 Å². The number of amides is 2. The minimum Gasteiger partial charge on any atom is -0.338 e. The molecule has 160 valence electrons. The molecule has 1 saturated heterocycles. The predicted octanol–water partition coefficient (Wildman–Crippen LogP) is 2.61. The van der Waals surface area contributed by atoms with Crippen LogP contribution in [0.4, 0.5) is 5.69 Å². The minimum atomic E-state index is -3.23. The number of carbonyl (C=O) groups is 2. The van der Waals surface area contributed by atoms with Gasteiger partial charge >= 0.3 is 0 Å². The Labute approximate surface area is 173 Å². The molecule has 2 N–H and O–H groups in total. The lowest BCUT2D eigenvalue weighted by molar-refractivity contribution is -0.120. The van der Waals surface area contributed by atoms with E-state index in [4.69, 9.17) is 0 Å². The standard InChI is InChI=1S/C21H31N3O4S/c1-29(27,28)22-14-16-7-6-12-24(15-16)21(26)18-10-5-11-19(13-18)23-20(25)17-8-3-2-4-9-17/h5,10-11,13,16-17,22H,2-4,6-9,12,14-15H2,1H3,(H,23,25). The van der Waals surface area contributed by atoms with E-state index in [2.05, 4.69) is 10.0 Å². The van der Waals surface area contributed by atoms with Gasteiger partial charge in [0.2, 0.25) is 15.9 Å². The van der Waals surface area contributed by atoms with Crippen LogP contribution in [0.15, 0.2) is 24.3 Å². The average Bonchev–Trinajstić information content (AvgIpc) is 2.72. The number of anilines is 1. The molecule has 1 aromatic rings. The predicted molar refractivity (Wildman–Crippen MR) is 113 cm³/mol. The molecule has 29 heavy (non-hydrogen) atoms. The fraction of sp³-hybridized carbons (Fsp3) is 0.619. The Kier molecular flexibility index (Phi) is 7.29. The SMILES string of the molecule is CS(=O)(=O)NCC1CCCN(C(=O)c2cccc(NC(=O)C3CCCCC3)c2)C1. The molecule has 2 aliphatic rings. The van der Waals surface area contributed by atoms with Crippen molar-refractivity contribution >= 4 is 27.5 Å². The Bertz CT molecular complexity index is 834. The van der Waals surface area contributed by atoms with Crippen LogP contribution in [0.25, 0.3) is 0 Å². The second kappa shape index (κ2) is 9.71. The summed E-state index contributed by atoms with van der Waals surface area (Å²) in [7, 11) is -3.23. The van der Waals surface area contributed by atoms with Crippen LogP contribution < -0.4 is 10.0 Å². The van der Waals surface area contributed by atoms with Gasteiger partial charge in [0.15, 0.2) is 0 Å². The molecular weight excluding hydrogens is 390 g/mol. The van der Waals surface area contributed by atoms with E-state index in [1.165, 1.54) is 6.42 Å². The molecule has 0 aromatic heterocycles. The zero-order chi connectivity index (χ0) is 20.9. The van der Waals surface area contributed by atoms with E-state index in [-0.39, 0.29) is 23.7 Å². The van der Waals surface area contributed by atoms with Crippen molar-refractivity contribution in [1.29, 1.82) is 0 Å². The molecule has 8 heteroatoms. The Morgan fingerprint density at radius 2 is 1.86 bits per heavy atom. The van der Waals surface area contributed by atoms with E-state index in [1.807, 2.05) is 6.07 Å². The first kappa shape index (κ1) is 21.8. The number of benzene rings is 1. The van der Waals surface area contributed by atoms with Crippen LogP contribution in [0, 0.1) is 11.8 Å². The van der Waals surface area contributed by atoms with Crippen LogP contribution in [0.3, 0.4) is 0 Å². The monoisotopic (exact) mass is 421 g/mol. The molecule has 1 heterocycles. The Hall–Kier alpha value is -1.93. The lowest BCUT2D eigenvalue weighted by atomic mass is 9.88. The third-order valence-corrected chi connectivity index (χ3v) is 6.48. The van der Waals surface area contributed by atoms with Gasteiger partial charge in [-0.15, -0.1) is 0 Å². The molecule has 1 unspecified atom stereocenters. The summed E-state index contributed by atoms with van der Waals surface area (Å²) in [6.07, 6.45) is 8.14. The highest BCUT2D eigenvalue weighted by Crippen LogP contribution is 2.25. The van der Waals surface area contributed by atoms with Crippen LogP contribution >= 0.6 is 0 Å². The molecule has 1 saturated carbocycles. The highest BCUT2D eigenvalue weighted by atomic mass is 32.2. The van der Waals surface area contributed by atoms with Gasteiger partial charge in [0, 0.05) is 36.8 Å². The van der Waals surface area contributed by atoms with Crippen LogP contribution in [0.1, 0.15) is 55.3 Å². The van der Waals surface area contributed by atoms with Crippen LogP contribution in [0.5, 0.6) is 0 Å². The molecule has 3 rings (SSSR count). The maximum Gasteiger partial charge on any atom is 0.253 e. The zero-order valence-electron chi connectivity index (χ0n) is 17.0. The second-order valence-electron chi connectivity index (χ2n) is 8.29. The molecule has 0 bridgehead atoms. The third kappa shape index (κ3) is 6.54. The fourth-order valence-electron chi connectivity index (χ4n) is 4.21. The van der Waals surface area contributed by atoms with E-state index in [1.54, 1.807) is 23.1 Å². The highest BCUT2D eigenvalue weighted by molar-refractivity contribution is 7.88. The summed E-state index contributed by atoms with van der Waals surface area (Å²) < 4.78 is 25.2. The van der Waals surface area contributed by atoms with Crippen molar-refractivity contribution in [3.05, 3.63) is 29.8 Å². The van der Waals surface area contributed by atoms with E-state index >= 15 is 0 Å². The van der Waals surface area contributed by atoms with Crippen molar-refractivity contribution in [3.63, 3.8) is 0 Å². The van der Waals surface area contributed by atoms with Gasteiger partial charge in [-0.05, 0) is 49.8 Å². The van der Waals surface area contributed by atoms with Gasteiger partial charge in [-0.25, -0.2) is 13.1 Å². The number of carbonyl (C=O) groups excluding carboxylic acids is 2. The van der Waals surface area contributed by atoms with Crippen molar-refractivity contribution in [3.8, 4) is 0 Å². The maximum absolute atomic E-state index is 13.0. The maximum atomic E-state index is 13.0. The van der Waals surface area contributed by atoms with Crippen molar-refractivity contribution in [2.45, 2.75) is 44.9 Å². The Morgan fingerprint density at radius 1 is 1.10 bits per heavy atom. The van der Waals surface area contributed by atoms with Crippen LogP contribution in [0.2, 0.25) is 0 Å². The molecule has 1 aromatic carbocycles. The summed E-state index contributed by atoms with van der Waals surface area (Å²) in [5, 5.41) is 2.97. The lowest BCUT2D eigenvalue weighted by Crippen LogP contribution is -2.43. The van der Waals surface area contributed by atoms with Gasteiger partial charge in [0.1, 0.15) is 0 Å². The summed E-state index contributed by atoms with van der Waals surface area (Å²) in [6.45, 7) is 1.53. The number of hydrogen-bond acceptors (Lipinski definition) is 4. The number of nitrogens with one attached hydrogen (secondary N) is 2. The smallest absolute Gasteiger partial charge is 0.253 e. The molecule has 2 fully saturated rings. The molecule has 0 spiro atoms. The van der Waals surface area contributed by atoms with Crippen molar-refractivity contribution in [1.82, 2.24) is 9.62 Å². The summed E-state index contributed by atoms with van der Waals surface area (Å²) in [6, 6.07) is 7.10. The molecule has 0 radical (unpaired) electrons. The summed E-state index contributed by atoms with van der Waals surface area (Å²) in [4.78, 5) is 27.2. The summed E-state index contributed by atoms with van der Waals surface area (Å²) >= 11 is 0. The van der Waals surface area contributed by atoms with Gasteiger partial charge in [0.05, 0.1) is 6.26 Å². The number of sulfonamides is 1. The minimum absolute atomic E-state index is 0.0409. The third-order valence-electron chi connectivity index (χ3n) is 5.79. The fourth-order valence-corrected chi connectivity index (χ4v) is 4.75. The van der Waals surface area contributed by atoms with Crippen LogP contribution in [-0.2, 0) is 14.8 Å². The van der Waals surface area contributed by atoms with E-state index in [0.717, 1.165) is 44.8 Å². The molecule has 1 atom stereocenters. The molecule has 7 nitrogen and oxygen atoms in total. The van der Waals surface area contributed by atoms with Gasteiger partial charge in [-0.1, -0.05) is 25.3 Å². The Morgan fingerprint density at radius 3 is 2.59 bits per heavy atom. The number of piperidine rings is 1. The molecular formula is C21H31N3O4S. The van der Waals surface area contributed by atoms with Crippen molar-refractivity contribution in [2.24, 2.45) is 11.8 Å². The highest BCUT2D eigenvalue weighted by Gasteiger charge is 2.26. The quantitative estimate of drug-likeness (QED) is 0.738.